The summed E-state index contributed by atoms with van der Waals surface area (Å²) < 4.78 is 0.612. The first-order chi connectivity index (χ1) is 9.16. The van der Waals surface area contributed by atoms with E-state index in [1.165, 1.54) is 18.9 Å². The van der Waals surface area contributed by atoms with Crippen LogP contribution in [0, 0.1) is 16.0 Å². The smallest absolute Gasteiger partial charge is 0.312 e. The van der Waals surface area contributed by atoms with E-state index in [1.54, 1.807) is 6.20 Å². The van der Waals surface area contributed by atoms with Gasteiger partial charge in [0.05, 0.1) is 4.92 Å². The van der Waals surface area contributed by atoms with Crippen LogP contribution in [-0.2, 0) is 0 Å². The third-order valence-electron chi connectivity index (χ3n) is 3.27. The van der Waals surface area contributed by atoms with Crippen LogP contribution in [0.3, 0.4) is 0 Å². The second-order valence-corrected chi connectivity index (χ2v) is 5.62. The molecule has 0 aromatic carbocycles. The van der Waals surface area contributed by atoms with Crippen LogP contribution < -0.4 is 10.6 Å². The van der Waals surface area contributed by atoms with Gasteiger partial charge in [-0.05, 0) is 54.2 Å². The predicted molar refractivity (Wildman–Crippen MR) is 77.3 cm³/mol. The zero-order valence-electron chi connectivity index (χ0n) is 10.6. The Labute approximate surface area is 120 Å². The maximum Gasteiger partial charge on any atom is 0.312 e. The van der Waals surface area contributed by atoms with Crippen molar-refractivity contribution >= 4 is 27.4 Å². The maximum atomic E-state index is 10.9. The molecule has 1 saturated heterocycles. The van der Waals surface area contributed by atoms with Gasteiger partial charge in [-0.15, -0.1) is 0 Å². The molecule has 104 valence electrons. The number of pyridine rings is 1. The average Bonchev–Trinajstić information content (AvgIpc) is 2.41. The second-order valence-electron chi connectivity index (χ2n) is 4.71. The van der Waals surface area contributed by atoms with Crippen molar-refractivity contribution in [1.82, 2.24) is 10.3 Å². The highest BCUT2D eigenvalue weighted by Crippen LogP contribution is 2.25. The van der Waals surface area contributed by atoms with Crippen LogP contribution in [0.1, 0.15) is 19.3 Å². The fraction of sp³-hybridized carbons (Fsp3) is 0.583. The van der Waals surface area contributed by atoms with Crippen LogP contribution in [-0.4, -0.2) is 29.5 Å². The number of aromatic nitrogens is 1. The molecule has 1 unspecified atom stereocenters. The normalized spacial score (nSPS) is 19.1. The van der Waals surface area contributed by atoms with Gasteiger partial charge in [0.25, 0.3) is 0 Å². The van der Waals surface area contributed by atoms with E-state index in [0.717, 1.165) is 19.5 Å². The Balaban J connectivity index is 1.89. The molecule has 1 atom stereocenters. The summed E-state index contributed by atoms with van der Waals surface area (Å²) in [5.41, 5.74) is 0.0103. The highest BCUT2D eigenvalue weighted by Gasteiger charge is 2.17. The summed E-state index contributed by atoms with van der Waals surface area (Å²) >= 11 is 3.19. The van der Waals surface area contributed by atoms with Gasteiger partial charge in [0, 0.05) is 23.3 Å². The van der Waals surface area contributed by atoms with Crippen molar-refractivity contribution in [2.45, 2.75) is 19.3 Å². The Morgan fingerprint density at radius 2 is 2.47 bits per heavy atom. The number of piperidine rings is 1. The lowest BCUT2D eigenvalue weighted by Crippen LogP contribution is -2.30. The van der Waals surface area contributed by atoms with Gasteiger partial charge in [0.2, 0.25) is 5.82 Å². The molecular formula is C12H17BrN4O2. The number of nitrogens with one attached hydrogen (secondary N) is 2. The van der Waals surface area contributed by atoms with Crippen molar-refractivity contribution in [3.05, 3.63) is 26.9 Å². The van der Waals surface area contributed by atoms with Crippen molar-refractivity contribution in [3.8, 4) is 0 Å². The SMILES string of the molecule is O=[N+]([O-])c1cc(Br)cnc1NCCC1CCCNC1. The van der Waals surface area contributed by atoms with Gasteiger partial charge in [-0.25, -0.2) is 4.98 Å². The summed E-state index contributed by atoms with van der Waals surface area (Å²) in [7, 11) is 0. The zero-order valence-corrected chi connectivity index (χ0v) is 12.1. The Morgan fingerprint density at radius 3 is 3.16 bits per heavy atom. The number of anilines is 1. The van der Waals surface area contributed by atoms with Gasteiger partial charge in [0.15, 0.2) is 0 Å². The summed E-state index contributed by atoms with van der Waals surface area (Å²) in [6, 6.07) is 1.47. The van der Waals surface area contributed by atoms with Crippen molar-refractivity contribution in [2.24, 2.45) is 5.92 Å². The van der Waals surface area contributed by atoms with E-state index in [4.69, 9.17) is 0 Å². The third-order valence-corrected chi connectivity index (χ3v) is 3.71. The molecule has 1 aromatic heterocycles. The van der Waals surface area contributed by atoms with E-state index in [-0.39, 0.29) is 5.69 Å². The molecule has 1 aromatic rings. The fourth-order valence-electron chi connectivity index (χ4n) is 2.27. The first kappa shape index (κ1) is 14.2. The molecule has 2 heterocycles. The predicted octanol–water partition coefficient (Wildman–Crippen LogP) is 2.55. The molecule has 0 aliphatic carbocycles. The minimum atomic E-state index is -0.414. The number of hydrogen-bond acceptors (Lipinski definition) is 5. The van der Waals surface area contributed by atoms with Crippen molar-refractivity contribution in [3.63, 3.8) is 0 Å². The number of halogens is 1. The molecule has 0 radical (unpaired) electrons. The van der Waals surface area contributed by atoms with Crippen LogP contribution in [0.2, 0.25) is 0 Å². The summed E-state index contributed by atoms with van der Waals surface area (Å²) in [6.07, 6.45) is 5.01. The summed E-state index contributed by atoms with van der Waals surface area (Å²) in [4.78, 5) is 14.6. The van der Waals surface area contributed by atoms with Gasteiger partial charge in [-0.2, -0.15) is 0 Å². The van der Waals surface area contributed by atoms with Gasteiger partial charge in [-0.1, -0.05) is 0 Å². The monoisotopic (exact) mass is 328 g/mol. The van der Waals surface area contributed by atoms with Crippen LogP contribution in [0.5, 0.6) is 0 Å². The maximum absolute atomic E-state index is 10.9. The molecule has 1 aliphatic heterocycles. The molecule has 6 nitrogen and oxygen atoms in total. The zero-order chi connectivity index (χ0) is 13.7. The molecular weight excluding hydrogens is 312 g/mol. The highest BCUT2D eigenvalue weighted by molar-refractivity contribution is 9.10. The lowest BCUT2D eigenvalue weighted by molar-refractivity contribution is -0.384. The molecule has 0 saturated carbocycles. The molecule has 0 amide bonds. The van der Waals surface area contributed by atoms with E-state index in [9.17, 15) is 10.1 Å². The molecule has 2 rings (SSSR count). The van der Waals surface area contributed by atoms with E-state index >= 15 is 0 Å². The molecule has 7 heteroatoms. The summed E-state index contributed by atoms with van der Waals surface area (Å²) in [6.45, 7) is 2.85. The lowest BCUT2D eigenvalue weighted by atomic mass is 9.96. The Hall–Kier alpha value is -1.21. The van der Waals surface area contributed by atoms with Crippen molar-refractivity contribution in [2.75, 3.05) is 25.0 Å². The fourth-order valence-corrected chi connectivity index (χ4v) is 2.59. The Kier molecular flexibility index (Phi) is 5.09. The summed E-state index contributed by atoms with van der Waals surface area (Å²) in [5.74, 6) is 0.993. The third kappa shape index (κ3) is 4.14. The first-order valence-electron chi connectivity index (χ1n) is 6.41. The lowest BCUT2D eigenvalue weighted by Gasteiger charge is -2.22. The van der Waals surface area contributed by atoms with E-state index in [0.29, 0.717) is 22.8 Å². The van der Waals surface area contributed by atoms with E-state index < -0.39 is 4.92 Å². The Bertz CT molecular complexity index is 449. The van der Waals surface area contributed by atoms with E-state index in [2.05, 4.69) is 31.5 Å². The average molecular weight is 329 g/mol. The van der Waals surface area contributed by atoms with Crippen molar-refractivity contribution in [1.29, 1.82) is 0 Å². The first-order valence-corrected chi connectivity index (χ1v) is 7.20. The van der Waals surface area contributed by atoms with Crippen LogP contribution in [0.15, 0.2) is 16.7 Å². The van der Waals surface area contributed by atoms with Crippen molar-refractivity contribution < 1.29 is 4.92 Å². The van der Waals surface area contributed by atoms with Gasteiger partial charge in [0.1, 0.15) is 0 Å². The van der Waals surface area contributed by atoms with Gasteiger partial charge in [-0.3, -0.25) is 10.1 Å². The topological polar surface area (TPSA) is 80.1 Å². The minimum absolute atomic E-state index is 0.0103. The minimum Gasteiger partial charge on any atom is -0.364 e. The van der Waals surface area contributed by atoms with E-state index in [1.807, 2.05) is 0 Å². The number of rotatable bonds is 5. The highest BCUT2D eigenvalue weighted by atomic mass is 79.9. The quantitative estimate of drug-likeness (QED) is 0.641. The van der Waals surface area contributed by atoms with Gasteiger partial charge < -0.3 is 10.6 Å². The molecule has 1 fully saturated rings. The second kappa shape index (κ2) is 6.81. The number of nitrogens with zero attached hydrogens (tertiary/aromatic N) is 2. The number of hydrogen-bond donors (Lipinski definition) is 2. The standard InChI is InChI=1S/C12H17BrN4O2/c13-10-6-11(17(18)19)12(16-8-10)15-5-3-9-2-1-4-14-7-9/h6,8-9,14H,1-5,7H2,(H,15,16). The molecule has 2 N–H and O–H groups in total. The van der Waals surface area contributed by atoms with Crippen LogP contribution in [0.4, 0.5) is 11.5 Å². The molecule has 1 aliphatic rings. The largest absolute Gasteiger partial charge is 0.364 e. The molecule has 0 bridgehead atoms. The molecule has 0 spiro atoms. The number of nitro groups is 1. The van der Waals surface area contributed by atoms with Crippen LogP contribution >= 0.6 is 15.9 Å². The molecule has 19 heavy (non-hydrogen) atoms. The van der Waals surface area contributed by atoms with Gasteiger partial charge >= 0.3 is 5.69 Å². The Morgan fingerprint density at radius 1 is 1.63 bits per heavy atom. The summed E-state index contributed by atoms with van der Waals surface area (Å²) in [5, 5.41) is 17.4. The van der Waals surface area contributed by atoms with Crippen LogP contribution in [0.25, 0.3) is 0 Å².